The highest BCUT2D eigenvalue weighted by atomic mass is 32.2. The Hall–Kier alpha value is -1.93. The first-order valence-electron chi connectivity index (χ1n) is 6.27. The van der Waals surface area contributed by atoms with Gasteiger partial charge in [0.25, 0.3) is 0 Å². The molecule has 1 aromatic carbocycles. The van der Waals surface area contributed by atoms with Crippen LogP contribution in [0.3, 0.4) is 0 Å². The zero-order chi connectivity index (χ0) is 16.0. The molecule has 2 N–H and O–H groups in total. The lowest BCUT2D eigenvalue weighted by molar-refractivity contribution is -0.136. The van der Waals surface area contributed by atoms with E-state index in [9.17, 15) is 18.0 Å². The summed E-state index contributed by atoms with van der Waals surface area (Å²) in [6, 6.07) is 4.07. The largest absolute Gasteiger partial charge is 0.481 e. The number of carboxylic acid groups (broad SMARTS) is 1. The molecule has 0 aliphatic heterocycles. The molecule has 0 aliphatic rings. The number of benzene rings is 1. The molecule has 0 atom stereocenters. The van der Waals surface area contributed by atoms with Crippen LogP contribution in [0.2, 0.25) is 0 Å². The number of carbonyl (C=O) groups excluding carboxylic acids is 1. The molecule has 0 heterocycles. The lowest BCUT2D eigenvalue weighted by Gasteiger charge is -2.09. The van der Waals surface area contributed by atoms with Gasteiger partial charge >= 0.3 is 11.9 Å². The average molecular weight is 315 g/mol. The van der Waals surface area contributed by atoms with Crippen LogP contribution in [0.1, 0.15) is 29.3 Å². The van der Waals surface area contributed by atoms with E-state index in [1.165, 1.54) is 18.2 Å². The van der Waals surface area contributed by atoms with E-state index in [0.29, 0.717) is 5.56 Å². The van der Waals surface area contributed by atoms with Gasteiger partial charge in [0, 0.05) is 6.54 Å². The zero-order valence-electron chi connectivity index (χ0n) is 11.8. The van der Waals surface area contributed by atoms with E-state index < -0.39 is 22.0 Å². The molecular weight excluding hydrogens is 298 g/mol. The summed E-state index contributed by atoms with van der Waals surface area (Å²) in [4.78, 5) is 22.0. The first-order chi connectivity index (χ1) is 9.77. The molecule has 0 saturated carbocycles. The van der Waals surface area contributed by atoms with Crippen molar-refractivity contribution in [3.8, 4) is 0 Å². The van der Waals surface area contributed by atoms with Crippen LogP contribution in [0.15, 0.2) is 23.1 Å². The van der Waals surface area contributed by atoms with Crippen LogP contribution < -0.4 is 4.72 Å². The highest BCUT2D eigenvalue weighted by molar-refractivity contribution is 7.89. The smallest absolute Gasteiger partial charge is 0.338 e. The number of rotatable bonds is 7. The van der Waals surface area contributed by atoms with Crippen molar-refractivity contribution < 1.29 is 27.9 Å². The SMILES string of the molecule is CCOC(=O)c1cc(S(=O)(=O)NCCC(=O)O)ccc1C. The molecule has 1 rings (SSSR count). The van der Waals surface area contributed by atoms with Crippen molar-refractivity contribution >= 4 is 22.0 Å². The van der Waals surface area contributed by atoms with E-state index in [1.807, 2.05) is 0 Å². The van der Waals surface area contributed by atoms with E-state index in [1.54, 1.807) is 13.8 Å². The zero-order valence-corrected chi connectivity index (χ0v) is 12.6. The number of sulfonamides is 1. The quantitative estimate of drug-likeness (QED) is 0.724. The van der Waals surface area contributed by atoms with Crippen LogP contribution in [0.25, 0.3) is 0 Å². The van der Waals surface area contributed by atoms with Gasteiger partial charge < -0.3 is 9.84 Å². The molecule has 21 heavy (non-hydrogen) atoms. The van der Waals surface area contributed by atoms with Crippen LogP contribution >= 0.6 is 0 Å². The van der Waals surface area contributed by atoms with Crippen molar-refractivity contribution in [1.82, 2.24) is 4.72 Å². The molecule has 8 heteroatoms. The van der Waals surface area contributed by atoms with Gasteiger partial charge in [-0.1, -0.05) is 6.07 Å². The maximum atomic E-state index is 12.0. The first kappa shape index (κ1) is 17.1. The molecule has 1 aromatic rings. The van der Waals surface area contributed by atoms with Crippen LogP contribution in [0, 0.1) is 6.92 Å². The fourth-order valence-corrected chi connectivity index (χ4v) is 2.63. The minimum absolute atomic E-state index is 0.110. The summed E-state index contributed by atoms with van der Waals surface area (Å²) in [5.74, 6) is -1.70. The lowest BCUT2D eigenvalue weighted by Crippen LogP contribution is -2.26. The van der Waals surface area contributed by atoms with E-state index in [2.05, 4.69) is 4.72 Å². The van der Waals surface area contributed by atoms with Crippen LogP contribution in [-0.4, -0.2) is 38.6 Å². The van der Waals surface area contributed by atoms with Gasteiger partial charge in [-0.15, -0.1) is 0 Å². The van der Waals surface area contributed by atoms with Crippen molar-refractivity contribution in [2.75, 3.05) is 13.2 Å². The Balaban J connectivity index is 3.00. The summed E-state index contributed by atoms with van der Waals surface area (Å²) in [7, 11) is -3.86. The number of aryl methyl sites for hydroxylation is 1. The third-order valence-corrected chi connectivity index (χ3v) is 4.10. The van der Waals surface area contributed by atoms with Crippen LogP contribution in [0.4, 0.5) is 0 Å². The van der Waals surface area contributed by atoms with Gasteiger partial charge in [0.05, 0.1) is 23.5 Å². The summed E-state index contributed by atoms with van der Waals surface area (Å²) in [5.41, 5.74) is 0.760. The van der Waals surface area contributed by atoms with E-state index in [0.717, 1.165) is 0 Å². The summed E-state index contributed by atoms with van der Waals surface area (Å²) < 4.78 is 31.0. The second-order valence-corrected chi connectivity index (χ2v) is 6.01. The number of esters is 1. The number of hydrogen-bond donors (Lipinski definition) is 2. The van der Waals surface area contributed by atoms with Gasteiger partial charge in [-0.05, 0) is 31.5 Å². The number of carbonyl (C=O) groups is 2. The van der Waals surface area contributed by atoms with Crippen molar-refractivity contribution in [1.29, 1.82) is 0 Å². The number of ether oxygens (including phenoxy) is 1. The van der Waals surface area contributed by atoms with Crippen LogP contribution in [-0.2, 0) is 19.6 Å². The normalized spacial score (nSPS) is 11.1. The minimum Gasteiger partial charge on any atom is -0.481 e. The van der Waals surface area contributed by atoms with Crippen LogP contribution in [0.5, 0.6) is 0 Å². The highest BCUT2D eigenvalue weighted by Crippen LogP contribution is 2.16. The molecule has 0 radical (unpaired) electrons. The Morgan fingerprint density at radius 3 is 2.57 bits per heavy atom. The summed E-state index contributed by atoms with van der Waals surface area (Å²) in [5, 5.41) is 8.50. The average Bonchev–Trinajstić information content (AvgIpc) is 2.38. The molecular formula is C13H17NO6S. The third kappa shape index (κ3) is 4.83. The molecule has 116 valence electrons. The van der Waals surface area contributed by atoms with Gasteiger partial charge in [-0.3, -0.25) is 4.79 Å². The highest BCUT2D eigenvalue weighted by Gasteiger charge is 2.18. The number of carboxylic acids is 1. The molecule has 0 unspecified atom stereocenters. The molecule has 0 amide bonds. The number of hydrogen-bond acceptors (Lipinski definition) is 5. The second kappa shape index (κ2) is 7.19. The monoisotopic (exact) mass is 315 g/mol. The van der Waals surface area contributed by atoms with Gasteiger partial charge in [0.1, 0.15) is 0 Å². The standard InChI is InChI=1S/C13H17NO6S/c1-3-20-13(17)11-8-10(5-4-9(11)2)21(18,19)14-7-6-12(15)16/h4-5,8,14H,3,6-7H2,1-2H3,(H,15,16). The Morgan fingerprint density at radius 2 is 2.00 bits per heavy atom. The molecule has 0 bridgehead atoms. The van der Waals surface area contributed by atoms with Gasteiger partial charge in [-0.25, -0.2) is 17.9 Å². The van der Waals surface area contributed by atoms with Gasteiger partial charge in [-0.2, -0.15) is 0 Å². The molecule has 0 saturated heterocycles. The van der Waals surface area contributed by atoms with Crippen molar-refractivity contribution in [2.45, 2.75) is 25.2 Å². The fraction of sp³-hybridized carbons (Fsp3) is 0.385. The number of nitrogens with one attached hydrogen (secondary N) is 1. The molecule has 0 spiro atoms. The topological polar surface area (TPSA) is 110 Å². The fourth-order valence-electron chi connectivity index (χ4n) is 1.57. The molecule has 0 fully saturated rings. The summed E-state index contributed by atoms with van der Waals surface area (Å²) >= 11 is 0. The summed E-state index contributed by atoms with van der Waals surface area (Å²) in [6.45, 7) is 3.29. The number of aliphatic carboxylic acids is 1. The Bertz CT molecular complexity index is 638. The summed E-state index contributed by atoms with van der Waals surface area (Å²) in [6.07, 6.45) is -0.324. The maximum Gasteiger partial charge on any atom is 0.338 e. The van der Waals surface area contributed by atoms with Crippen molar-refractivity contribution in [3.05, 3.63) is 29.3 Å². The molecule has 7 nitrogen and oxygen atoms in total. The third-order valence-electron chi connectivity index (χ3n) is 2.65. The minimum atomic E-state index is -3.86. The predicted octanol–water partition coefficient (Wildman–Crippen LogP) is 0.925. The van der Waals surface area contributed by atoms with E-state index >= 15 is 0 Å². The van der Waals surface area contributed by atoms with Gasteiger partial charge in [0.2, 0.25) is 10.0 Å². The van der Waals surface area contributed by atoms with E-state index in [-0.39, 0.29) is 30.0 Å². The first-order valence-corrected chi connectivity index (χ1v) is 7.75. The van der Waals surface area contributed by atoms with Crippen molar-refractivity contribution in [3.63, 3.8) is 0 Å². The predicted molar refractivity (Wildman–Crippen MR) is 74.6 cm³/mol. The Kier molecular flexibility index (Phi) is 5.86. The molecule has 0 aliphatic carbocycles. The second-order valence-electron chi connectivity index (χ2n) is 4.24. The van der Waals surface area contributed by atoms with E-state index in [4.69, 9.17) is 9.84 Å². The lowest BCUT2D eigenvalue weighted by atomic mass is 10.1. The van der Waals surface area contributed by atoms with Gasteiger partial charge in [0.15, 0.2) is 0 Å². The maximum absolute atomic E-state index is 12.0. The van der Waals surface area contributed by atoms with Crippen molar-refractivity contribution in [2.24, 2.45) is 0 Å². The molecule has 0 aromatic heterocycles. The Morgan fingerprint density at radius 1 is 1.33 bits per heavy atom. The Labute approximate surface area is 123 Å².